The molecule has 0 radical (unpaired) electrons. The van der Waals surface area contributed by atoms with E-state index in [1.54, 1.807) is 0 Å². The van der Waals surface area contributed by atoms with Gasteiger partial charge in [-0.05, 0) is 17.3 Å². The molecule has 0 saturated heterocycles. The van der Waals surface area contributed by atoms with Crippen molar-refractivity contribution in [3.63, 3.8) is 0 Å². The van der Waals surface area contributed by atoms with Gasteiger partial charge >= 0.3 is 0 Å². The molecule has 0 aliphatic heterocycles. The minimum Gasteiger partial charge on any atom is -0.210 e. The molecule has 0 heterocycles. The van der Waals surface area contributed by atoms with E-state index in [2.05, 4.69) is 6.58 Å². The molecular weight excluding hydrogens is 232 g/mol. The van der Waals surface area contributed by atoms with E-state index in [1.165, 1.54) is 6.08 Å². The Morgan fingerprint density at radius 2 is 1.94 bits per heavy atom. The summed E-state index contributed by atoms with van der Waals surface area (Å²) in [5.74, 6) is -2.82. The van der Waals surface area contributed by atoms with E-state index >= 15 is 0 Å². The lowest BCUT2D eigenvalue weighted by atomic mass is 10.2. The second-order valence-electron chi connectivity index (χ2n) is 3.61. The monoisotopic (exact) mass is 245 g/mol. The number of hydrogen-bond acceptors (Lipinski definition) is 1. The zero-order chi connectivity index (χ0) is 12.0. The summed E-state index contributed by atoms with van der Waals surface area (Å²) in [6.07, 6.45) is 0.845. The van der Waals surface area contributed by atoms with E-state index in [9.17, 15) is 8.78 Å². The van der Waals surface area contributed by atoms with Gasteiger partial charge in [0, 0.05) is 13.0 Å². The fraction of sp³-hybridized carbons (Fsp3) is 0.333. The number of alkyl halides is 2. The summed E-state index contributed by atoms with van der Waals surface area (Å²) >= 11 is 5.75. The van der Waals surface area contributed by atoms with Crippen LogP contribution in [0.4, 0.5) is 8.78 Å². The SMILES string of the molecule is C=CCC(F)(F)CN(Cl)Cc1ccccc1. The third kappa shape index (κ3) is 4.73. The van der Waals surface area contributed by atoms with Crippen molar-refractivity contribution < 1.29 is 8.78 Å². The van der Waals surface area contributed by atoms with Gasteiger partial charge < -0.3 is 0 Å². The normalized spacial score (nSPS) is 11.8. The van der Waals surface area contributed by atoms with Crippen molar-refractivity contribution in [3.05, 3.63) is 48.6 Å². The number of rotatable bonds is 6. The Morgan fingerprint density at radius 1 is 1.31 bits per heavy atom. The Labute approximate surface area is 99.4 Å². The van der Waals surface area contributed by atoms with E-state index in [0.29, 0.717) is 6.54 Å². The Hall–Kier alpha value is -0.930. The first-order chi connectivity index (χ1) is 7.53. The van der Waals surface area contributed by atoms with E-state index in [-0.39, 0.29) is 6.42 Å². The van der Waals surface area contributed by atoms with Crippen molar-refractivity contribution in [3.8, 4) is 0 Å². The maximum absolute atomic E-state index is 13.2. The summed E-state index contributed by atoms with van der Waals surface area (Å²) in [5.41, 5.74) is 0.909. The van der Waals surface area contributed by atoms with Gasteiger partial charge in [0.2, 0.25) is 0 Å². The molecule has 1 aromatic rings. The molecule has 0 fully saturated rings. The van der Waals surface area contributed by atoms with Crippen molar-refractivity contribution in [1.82, 2.24) is 4.42 Å². The van der Waals surface area contributed by atoms with Crippen LogP contribution >= 0.6 is 11.8 Å². The molecule has 0 spiro atoms. The lowest BCUT2D eigenvalue weighted by molar-refractivity contribution is -0.0126. The summed E-state index contributed by atoms with van der Waals surface area (Å²) < 4.78 is 27.5. The molecule has 16 heavy (non-hydrogen) atoms. The smallest absolute Gasteiger partial charge is 0.210 e. The van der Waals surface area contributed by atoms with Crippen LogP contribution < -0.4 is 0 Å². The third-order valence-corrected chi connectivity index (χ3v) is 2.28. The van der Waals surface area contributed by atoms with Crippen LogP contribution in [0.3, 0.4) is 0 Å². The van der Waals surface area contributed by atoms with Gasteiger partial charge in [-0.2, -0.15) is 0 Å². The zero-order valence-corrected chi connectivity index (χ0v) is 9.63. The molecule has 0 amide bonds. The summed E-state index contributed by atoms with van der Waals surface area (Å²) in [6, 6.07) is 9.26. The Morgan fingerprint density at radius 3 is 2.50 bits per heavy atom. The van der Waals surface area contributed by atoms with Gasteiger partial charge in [0.05, 0.1) is 6.54 Å². The highest BCUT2D eigenvalue weighted by Crippen LogP contribution is 2.22. The van der Waals surface area contributed by atoms with Gasteiger partial charge in [-0.1, -0.05) is 36.4 Å². The van der Waals surface area contributed by atoms with Crippen molar-refractivity contribution in [2.24, 2.45) is 0 Å². The molecule has 1 aromatic carbocycles. The molecule has 0 aliphatic carbocycles. The number of hydrogen-bond donors (Lipinski definition) is 0. The van der Waals surface area contributed by atoms with Crippen LogP contribution in [0.2, 0.25) is 0 Å². The summed E-state index contributed by atoms with van der Waals surface area (Å²) in [4.78, 5) is 0. The highest BCUT2D eigenvalue weighted by Gasteiger charge is 2.29. The van der Waals surface area contributed by atoms with E-state index in [0.717, 1.165) is 9.98 Å². The number of nitrogens with zero attached hydrogens (tertiary/aromatic N) is 1. The van der Waals surface area contributed by atoms with Gasteiger partial charge in [-0.25, -0.2) is 13.2 Å². The number of benzene rings is 1. The number of allylic oxidation sites excluding steroid dienone is 1. The molecular formula is C12H14ClF2N. The number of halogens is 3. The van der Waals surface area contributed by atoms with Crippen LogP contribution in [0.5, 0.6) is 0 Å². The van der Waals surface area contributed by atoms with Gasteiger partial charge in [-0.3, -0.25) is 0 Å². The molecule has 0 aromatic heterocycles. The highest BCUT2D eigenvalue weighted by molar-refractivity contribution is 6.13. The maximum atomic E-state index is 13.2. The molecule has 0 atom stereocenters. The molecule has 88 valence electrons. The highest BCUT2D eigenvalue weighted by atomic mass is 35.5. The Kier molecular flexibility index (Phi) is 4.90. The summed E-state index contributed by atoms with van der Waals surface area (Å²) in [6.45, 7) is 3.12. The predicted molar refractivity (Wildman–Crippen MR) is 62.5 cm³/mol. The van der Waals surface area contributed by atoms with Crippen molar-refractivity contribution in [2.45, 2.75) is 18.9 Å². The van der Waals surface area contributed by atoms with Crippen LogP contribution in [0.15, 0.2) is 43.0 Å². The van der Waals surface area contributed by atoms with E-state index in [1.807, 2.05) is 30.3 Å². The fourth-order valence-corrected chi connectivity index (χ4v) is 1.68. The average Bonchev–Trinajstić information content (AvgIpc) is 2.17. The predicted octanol–water partition coefficient (Wildman–Crippen LogP) is 3.85. The first-order valence-corrected chi connectivity index (χ1v) is 5.31. The molecule has 4 heteroatoms. The molecule has 1 rings (SSSR count). The van der Waals surface area contributed by atoms with Gasteiger partial charge in [-0.15, -0.1) is 6.58 Å². The van der Waals surface area contributed by atoms with Crippen LogP contribution in [-0.4, -0.2) is 16.9 Å². The standard InChI is InChI=1S/C12H14ClF2N/c1-2-8-12(14,15)10-16(13)9-11-6-4-3-5-7-11/h2-7H,1,8-10H2. The molecule has 0 bridgehead atoms. The Bertz CT molecular complexity index is 327. The second kappa shape index (κ2) is 5.97. The molecule has 0 saturated carbocycles. The first kappa shape index (κ1) is 13.1. The molecule has 0 N–H and O–H groups in total. The fourth-order valence-electron chi connectivity index (χ4n) is 1.36. The van der Waals surface area contributed by atoms with E-state index in [4.69, 9.17) is 11.8 Å². The molecule has 0 unspecified atom stereocenters. The van der Waals surface area contributed by atoms with Crippen LogP contribution in [0.1, 0.15) is 12.0 Å². The Balaban J connectivity index is 2.47. The molecule has 1 nitrogen and oxygen atoms in total. The lowest BCUT2D eigenvalue weighted by Gasteiger charge is -2.20. The largest absolute Gasteiger partial charge is 0.265 e. The average molecular weight is 246 g/mol. The van der Waals surface area contributed by atoms with Crippen molar-refractivity contribution in [1.29, 1.82) is 0 Å². The van der Waals surface area contributed by atoms with Crippen LogP contribution in [-0.2, 0) is 6.54 Å². The summed E-state index contributed by atoms with van der Waals surface area (Å²) in [7, 11) is 0. The van der Waals surface area contributed by atoms with Crippen LogP contribution in [0, 0.1) is 0 Å². The first-order valence-electron chi connectivity index (χ1n) is 4.97. The van der Waals surface area contributed by atoms with Crippen molar-refractivity contribution in [2.75, 3.05) is 6.54 Å². The van der Waals surface area contributed by atoms with Gasteiger partial charge in [0.1, 0.15) is 0 Å². The van der Waals surface area contributed by atoms with Gasteiger partial charge in [0.15, 0.2) is 0 Å². The lowest BCUT2D eigenvalue weighted by Crippen LogP contribution is -2.30. The van der Waals surface area contributed by atoms with E-state index < -0.39 is 12.5 Å². The molecule has 0 aliphatic rings. The summed E-state index contributed by atoms with van der Waals surface area (Å²) in [5, 5.41) is 0. The van der Waals surface area contributed by atoms with Gasteiger partial charge in [0.25, 0.3) is 5.92 Å². The zero-order valence-electron chi connectivity index (χ0n) is 8.87. The third-order valence-electron chi connectivity index (χ3n) is 2.04. The maximum Gasteiger partial charge on any atom is 0.265 e. The van der Waals surface area contributed by atoms with Crippen LogP contribution in [0.25, 0.3) is 0 Å². The minimum absolute atomic E-state index is 0.301. The quantitative estimate of drug-likeness (QED) is 0.544. The second-order valence-corrected chi connectivity index (χ2v) is 4.09. The van der Waals surface area contributed by atoms with Crippen molar-refractivity contribution >= 4 is 11.8 Å². The topological polar surface area (TPSA) is 3.24 Å². The minimum atomic E-state index is -2.82.